The van der Waals surface area contributed by atoms with E-state index in [1.54, 1.807) is 6.07 Å². The van der Waals surface area contributed by atoms with Crippen LogP contribution in [0.2, 0.25) is 0 Å². The molecular weight excluding hydrogens is 252 g/mol. The molecular formula is C16H22N2O2. The highest BCUT2D eigenvalue weighted by Gasteiger charge is 2.23. The zero-order valence-electron chi connectivity index (χ0n) is 11.7. The van der Waals surface area contributed by atoms with E-state index in [-0.39, 0.29) is 11.9 Å². The van der Waals surface area contributed by atoms with Gasteiger partial charge < -0.3 is 15.7 Å². The van der Waals surface area contributed by atoms with Crippen LogP contribution < -0.4 is 10.6 Å². The topological polar surface area (TPSA) is 61.4 Å². The van der Waals surface area contributed by atoms with E-state index in [9.17, 15) is 9.90 Å². The maximum atomic E-state index is 11.6. The third-order valence-corrected chi connectivity index (χ3v) is 4.13. The Kier molecular flexibility index (Phi) is 3.92. The number of fused-ring (bicyclic) bond motifs is 1. The van der Waals surface area contributed by atoms with Crippen molar-refractivity contribution in [3.8, 4) is 5.75 Å². The van der Waals surface area contributed by atoms with Crippen molar-refractivity contribution in [3.63, 3.8) is 0 Å². The Balaban J connectivity index is 1.53. The number of hydrogen-bond acceptors (Lipinski definition) is 3. The van der Waals surface area contributed by atoms with Crippen molar-refractivity contribution < 1.29 is 9.90 Å². The Bertz CT molecular complexity index is 497. The summed E-state index contributed by atoms with van der Waals surface area (Å²) in [4.78, 5) is 11.6. The Morgan fingerprint density at radius 2 is 2.15 bits per heavy atom. The molecule has 2 aliphatic rings. The van der Waals surface area contributed by atoms with Crippen molar-refractivity contribution in [3.05, 3.63) is 29.3 Å². The second-order valence-corrected chi connectivity index (χ2v) is 5.87. The van der Waals surface area contributed by atoms with Crippen LogP contribution in [0.1, 0.15) is 49.3 Å². The molecule has 1 atom stereocenters. The lowest BCUT2D eigenvalue weighted by atomic mass is 9.87. The fourth-order valence-electron chi connectivity index (χ4n) is 2.89. The summed E-state index contributed by atoms with van der Waals surface area (Å²) in [6.45, 7) is 0.693. The molecule has 1 amide bonds. The quantitative estimate of drug-likeness (QED) is 0.770. The Hall–Kier alpha value is -1.55. The van der Waals surface area contributed by atoms with Gasteiger partial charge in [-0.1, -0.05) is 6.07 Å². The van der Waals surface area contributed by atoms with E-state index in [2.05, 4.69) is 10.6 Å². The molecule has 0 heterocycles. The number of aryl methyl sites for hydroxylation is 1. The van der Waals surface area contributed by atoms with Gasteiger partial charge >= 0.3 is 0 Å². The molecule has 20 heavy (non-hydrogen) atoms. The van der Waals surface area contributed by atoms with Crippen LogP contribution in [0.3, 0.4) is 0 Å². The fourth-order valence-corrected chi connectivity index (χ4v) is 2.89. The third-order valence-electron chi connectivity index (χ3n) is 4.13. The van der Waals surface area contributed by atoms with Crippen molar-refractivity contribution in [2.24, 2.45) is 0 Å². The lowest BCUT2D eigenvalue weighted by Crippen LogP contribution is -2.31. The molecule has 108 valence electrons. The Labute approximate surface area is 119 Å². The number of aromatic hydroxyl groups is 1. The van der Waals surface area contributed by atoms with Gasteiger partial charge in [-0.25, -0.2) is 0 Å². The Morgan fingerprint density at radius 1 is 1.30 bits per heavy atom. The molecule has 4 nitrogen and oxygen atoms in total. The van der Waals surface area contributed by atoms with Gasteiger partial charge in [0.15, 0.2) is 0 Å². The van der Waals surface area contributed by atoms with Gasteiger partial charge in [0.25, 0.3) is 0 Å². The largest absolute Gasteiger partial charge is 0.508 e. The normalized spacial score (nSPS) is 21.3. The molecule has 0 bridgehead atoms. The van der Waals surface area contributed by atoms with E-state index in [0.717, 1.165) is 32.1 Å². The highest BCUT2D eigenvalue weighted by Crippen LogP contribution is 2.32. The minimum Gasteiger partial charge on any atom is -0.508 e. The molecule has 0 saturated heterocycles. The first-order chi connectivity index (χ1) is 9.72. The number of phenols is 1. The molecule has 1 saturated carbocycles. The van der Waals surface area contributed by atoms with Crippen LogP contribution in [0.15, 0.2) is 18.2 Å². The highest BCUT2D eigenvalue weighted by molar-refractivity contribution is 5.76. The minimum atomic E-state index is 0.145. The second-order valence-electron chi connectivity index (χ2n) is 5.87. The molecule has 0 spiro atoms. The number of amides is 1. The standard InChI is InChI=1S/C16H22N2O2/c19-13-7-4-11-2-1-3-15(14(11)10-13)17-9-8-16(20)18-12-5-6-12/h4,7,10,12,15,17,19H,1-3,5-6,8-9H2,(H,18,20). The maximum absolute atomic E-state index is 11.6. The van der Waals surface area contributed by atoms with Crippen LogP contribution in [0.25, 0.3) is 0 Å². The number of hydrogen-bond donors (Lipinski definition) is 3. The summed E-state index contributed by atoms with van der Waals surface area (Å²) in [7, 11) is 0. The number of benzene rings is 1. The van der Waals surface area contributed by atoms with Crippen molar-refractivity contribution in [2.45, 2.75) is 50.6 Å². The highest BCUT2D eigenvalue weighted by atomic mass is 16.3. The number of carbonyl (C=O) groups excluding carboxylic acids is 1. The van der Waals surface area contributed by atoms with E-state index in [1.165, 1.54) is 11.1 Å². The van der Waals surface area contributed by atoms with Gasteiger partial charge in [0, 0.05) is 25.0 Å². The van der Waals surface area contributed by atoms with E-state index in [1.807, 2.05) is 12.1 Å². The summed E-state index contributed by atoms with van der Waals surface area (Å²) in [5.74, 6) is 0.468. The van der Waals surface area contributed by atoms with Gasteiger partial charge in [-0.15, -0.1) is 0 Å². The van der Waals surface area contributed by atoms with Crippen LogP contribution in [-0.2, 0) is 11.2 Å². The van der Waals surface area contributed by atoms with Gasteiger partial charge in [-0.2, -0.15) is 0 Å². The average molecular weight is 274 g/mol. The van der Waals surface area contributed by atoms with Gasteiger partial charge in [0.1, 0.15) is 5.75 Å². The van der Waals surface area contributed by atoms with Crippen LogP contribution in [0.4, 0.5) is 0 Å². The number of nitrogens with one attached hydrogen (secondary N) is 2. The molecule has 4 heteroatoms. The van der Waals surface area contributed by atoms with Crippen LogP contribution in [-0.4, -0.2) is 23.6 Å². The molecule has 0 radical (unpaired) electrons. The van der Waals surface area contributed by atoms with Crippen LogP contribution in [0, 0.1) is 0 Å². The predicted octanol–water partition coefficient (Wildman–Crippen LogP) is 2.03. The number of phenolic OH excluding ortho intramolecular Hbond substituents is 1. The van der Waals surface area contributed by atoms with Gasteiger partial charge in [0.2, 0.25) is 5.91 Å². The van der Waals surface area contributed by atoms with Gasteiger partial charge in [0.05, 0.1) is 0 Å². The van der Waals surface area contributed by atoms with Crippen molar-refractivity contribution in [1.29, 1.82) is 0 Å². The van der Waals surface area contributed by atoms with E-state index >= 15 is 0 Å². The zero-order valence-corrected chi connectivity index (χ0v) is 11.7. The summed E-state index contributed by atoms with van der Waals surface area (Å²) in [5, 5.41) is 16.1. The Morgan fingerprint density at radius 3 is 2.95 bits per heavy atom. The fraction of sp³-hybridized carbons (Fsp3) is 0.562. The summed E-state index contributed by atoms with van der Waals surface area (Å²) in [6.07, 6.45) is 6.10. The predicted molar refractivity (Wildman–Crippen MR) is 77.6 cm³/mol. The summed E-state index contributed by atoms with van der Waals surface area (Å²) in [6, 6.07) is 6.33. The second kappa shape index (κ2) is 5.83. The van der Waals surface area contributed by atoms with E-state index in [4.69, 9.17) is 0 Å². The van der Waals surface area contributed by atoms with Crippen molar-refractivity contribution in [1.82, 2.24) is 10.6 Å². The van der Waals surface area contributed by atoms with Gasteiger partial charge in [-0.05, 0) is 55.4 Å². The third kappa shape index (κ3) is 3.31. The average Bonchev–Trinajstić information content (AvgIpc) is 3.23. The lowest BCUT2D eigenvalue weighted by Gasteiger charge is -2.26. The zero-order chi connectivity index (χ0) is 13.9. The summed E-state index contributed by atoms with van der Waals surface area (Å²) >= 11 is 0. The smallest absolute Gasteiger partial charge is 0.221 e. The van der Waals surface area contributed by atoms with Crippen molar-refractivity contribution in [2.75, 3.05) is 6.54 Å². The molecule has 3 N–H and O–H groups in total. The first-order valence-corrected chi connectivity index (χ1v) is 7.57. The monoisotopic (exact) mass is 274 g/mol. The first-order valence-electron chi connectivity index (χ1n) is 7.57. The minimum absolute atomic E-state index is 0.145. The molecule has 1 aromatic carbocycles. The first kappa shape index (κ1) is 13.4. The van der Waals surface area contributed by atoms with Crippen LogP contribution in [0.5, 0.6) is 5.75 Å². The van der Waals surface area contributed by atoms with Gasteiger partial charge in [-0.3, -0.25) is 4.79 Å². The van der Waals surface area contributed by atoms with Crippen LogP contribution >= 0.6 is 0 Å². The number of rotatable bonds is 5. The molecule has 1 unspecified atom stereocenters. The molecule has 1 fully saturated rings. The molecule has 0 aliphatic heterocycles. The SMILES string of the molecule is O=C(CCNC1CCCc2ccc(O)cc21)NC1CC1. The molecule has 3 rings (SSSR count). The maximum Gasteiger partial charge on any atom is 0.221 e. The number of carbonyl (C=O) groups is 1. The molecule has 0 aromatic heterocycles. The summed E-state index contributed by atoms with van der Waals surface area (Å²) < 4.78 is 0. The van der Waals surface area contributed by atoms with E-state index < -0.39 is 0 Å². The lowest BCUT2D eigenvalue weighted by molar-refractivity contribution is -0.121. The molecule has 2 aliphatic carbocycles. The van der Waals surface area contributed by atoms with Crippen molar-refractivity contribution >= 4 is 5.91 Å². The summed E-state index contributed by atoms with van der Waals surface area (Å²) in [5.41, 5.74) is 2.51. The molecule has 1 aromatic rings. The van der Waals surface area contributed by atoms with E-state index in [0.29, 0.717) is 24.8 Å².